The Hall–Kier alpha value is -1.70. The smallest absolute Gasteiger partial charge is 0.311 e. The molecule has 0 aliphatic carbocycles. The lowest BCUT2D eigenvalue weighted by atomic mass is 9.88. The molecule has 3 saturated heterocycles. The maximum atomic E-state index is 13.2. The summed E-state index contributed by atoms with van der Waals surface area (Å²) in [5, 5.41) is 54.7. The summed E-state index contributed by atoms with van der Waals surface area (Å²) in [5.41, 5.74) is 0.861. The van der Waals surface area contributed by atoms with E-state index >= 15 is 0 Å². The van der Waals surface area contributed by atoms with Crippen LogP contribution in [0.2, 0.25) is 0 Å². The van der Waals surface area contributed by atoms with Crippen LogP contribution in [0.25, 0.3) is 0 Å². The first-order valence-electron chi connectivity index (χ1n) is 16.3. The van der Waals surface area contributed by atoms with Gasteiger partial charge in [0.2, 0.25) is 5.79 Å². The average molecular weight is 625 g/mol. The summed E-state index contributed by atoms with van der Waals surface area (Å²) in [6.07, 6.45) is -1.92. The number of epoxide rings is 1. The van der Waals surface area contributed by atoms with E-state index in [4.69, 9.17) is 18.9 Å². The van der Waals surface area contributed by atoms with Crippen molar-refractivity contribution < 1.29 is 54.1 Å². The molecule has 3 fully saturated rings. The molecule has 13 atom stereocenters. The highest BCUT2D eigenvalue weighted by molar-refractivity contribution is 5.83. The van der Waals surface area contributed by atoms with Crippen LogP contribution in [0, 0.1) is 11.8 Å². The molecule has 0 spiro atoms. The summed E-state index contributed by atoms with van der Waals surface area (Å²) in [6, 6.07) is 0. The van der Waals surface area contributed by atoms with Crippen LogP contribution in [0.5, 0.6) is 0 Å². The van der Waals surface area contributed by atoms with E-state index in [1.165, 1.54) is 0 Å². The van der Waals surface area contributed by atoms with Crippen molar-refractivity contribution in [2.75, 3.05) is 0 Å². The van der Waals surface area contributed by atoms with Crippen LogP contribution < -0.4 is 0 Å². The lowest BCUT2D eigenvalue weighted by Gasteiger charge is -2.44. The van der Waals surface area contributed by atoms with Gasteiger partial charge < -0.3 is 44.5 Å². The summed E-state index contributed by atoms with van der Waals surface area (Å²) < 4.78 is 23.8. The van der Waals surface area contributed by atoms with Gasteiger partial charge in [-0.3, -0.25) is 9.59 Å². The van der Waals surface area contributed by atoms with Crippen LogP contribution in [0.15, 0.2) is 23.8 Å². The Morgan fingerprint density at radius 3 is 2.39 bits per heavy atom. The number of Topliss-reactive ketones (excluding diaryl/α,β-unsaturated/α-hetero) is 1. The molecule has 0 saturated carbocycles. The number of carbonyl (C=O) groups is 2. The number of allylic oxidation sites excluding steroid dienone is 1. The molecule has 4 rings (SSSR count). The Morgan fingerprint density at radius 2 is 1.68 bits per heavy atom. The van der Waals surface area contributed by atoms with Gasteiger partial charge >= 0.3 is 5.97 Å². The van der Waals surface area contributed by atoms with Crippen LogP contribution in [-0.2, 0) is 28.5 Å². The van der Waals surface area contributed by atoms with E-state index in [1.54, 1.807) is 26.8 Å². The minimum Gasteiger partial charge on any atom is -0.459 e. The van der Waals surface area contributed by atoms with Crippen molar-refractivity contribution in [1.29, 1.82) is 0 Å². The molecule has 11 nitrogen and oxygen atoms in total. The number of hydrogen-bond acceptors (Lipinski definition) is 11. The lowest BCUT2D eigenvalue weighted by molar-refractivity contribution is -0.337. The molecule has 44 heavy (non-hydrogen) atoms. The second kappa shape index (κ2) is 14.8. The molecule has 9 unspecified atom stereocenters. The van der Waals surface area contributed by atoms with E-state index in [-0.39, 0.29) is 42.8 Å². The molecular formula is C33H52O11. The fourth-order valence-corrected chi connectivity index (χ4v) is 6.72. The molecule has 0 aromatic rings. The van der Waals surface area contributed by atoms with Crippen molar-refractivity contribution in [2.45, 2.75) is 159 Å². The molecule has 4 aliphatic rings. The van der Waals surface area contributed by atoms with Gasteiger partial charge in [0.25, 0.3) is 0 Å². The van der Waals surface area contributed by atoms with Crippen molar-refractivity contribution in [3.8, 4) is 0 Å². The highest BCUT2D eigenvalue weighted by Crippen LogP contribution is 2.39. The highest BCUT2D eigenvalue weighted by atomic mass is 16.7. The summed E-state index contributed by atoms with van der Waals surface area (Å²) >= 11 is 0. The Balaban J connectivity index is 1.55. The first-order valence-corrected chi connectivity index (χ1v) is 16.3. The second-order valence-electron chi connectivity index (χ2n) is 13.4. The van der Waals surface area contributed by atoms with Crippen molar-refractivity contribution in [2.24, 2.45) is 11.8 Å². The molecule has 0 amide bonds. The molecule has 5 N–H and O–H groups in total. The zero-order valence-electron chi connectivity index (χ0n) is 26.5. The maximum absolute atomic E-state index is 13.2. The quantitative estimate of drug-likeness (QED) is 0.177. The molecule has 0 aromatic carbocycles. The number of unbranched alkanes of at least 4 members (excludes halogenated alkanes) is 1. The minimum atomic E-state index is -2.19. The number of ketones is 1. The number of fused-ring (bicyclic) bond motifs is 5. The van der Waals surface area contributed by atoms with E-state index in [2.05, 4.69) is 6.58 Å². The number of rotatable bonds is 3. The number of cyclic esters (lactones) is 1. The van der Waals surface area contributed by atoms with Gasteiger partial charge in [0.1, 0.15) is 36.3 Å². The molecule has 250 valence electrons. The molecule has 4 bridgehead atoms. The predicted octanol–water partition coefficient (Wildman–Crippen LogP) is 2.24. The largest absolute Gasteiger partial charge is 0.459 e. The number of esters is 1. The normalized spacial score (nSPS) is 46.0. The Labute approximate surface area is 260 Å². The first-order chi connectivity index (χ1) is 20.7. The van der Waals surface area contributed by atoms with Gasteiger partial charge in [-0.25, -0.2) is 0 Å². The zero-order valence-corrected chi connectivity index (χ0v) is 26.5. The van der Waals surface area contributed by atoms with Gasteiger partial charge in [-0.05, 0) is 70.8 Å². The van der Waals surface area contributed by atoms with E-state index < -0.39 is 72.4 Å². The SMILES string of the molecule is C=C1C(O)CC(=O)C(C)/C=C(\C)C[C@@H](O)[C@]2(O)O[C@H](CC[C@H]2O)CC2CCC(O2)C(CCCC)OC(=O)C(C)C(O)C2OC12. The van der Waals surface area contributed by atoms with Crippen molar-refractivity contribution in [1.82, 2.24) is 0 Å². The molecule has 0 aromatic heterocycles. The zero-order chi connectivity index (χ0) is 32.3. The van der Waals surface area contributed by atoms with Gasteiger partial charge in [0, 0.05) is 12.3 Å². The monoisotopic (exact) mass is 624 g/mol. The van der Waals surface area contributed by atoms with E-state index in [0.717, 1.165) is 12.8 Å². The number of hydrogen-bond donors (Lipinski definition) is 5. The molecule has 11 heteroatoms. The van der Waals surface area contributed by atoms with E-state index in [0.29, 0.717) is 37.7 Å². The third kappa shape index (κ3) is 8.17. The number of carbonyl (C=O) groups excluding carboxylic acids is 2. The molecule has 4 aliphatic heterocycles. The minimum absolute atomic E-state index is 0.0344. The summed E-state index contributed by atoms with van der Waals surface area (Å²) in [6.45, 7) is 10.9. The average Bonchev–Trinajstić information content (AvgIpc) is 3.65. The molecular weight excluding hydrogens is 572 g/mol. The van der Waals surface area contributed by atoms with Crippen LogP contribution >= 0.6 is 0 Å². The Kier molecular flexibility index (Phi) is 11.8. The van der Waals surface area contributed by atoms with Gasteiger partial charge in [0.05, 0.1) is 36.4 Å². The molecule has 0 radical (unpaired) electrons. The summed E-state index contributed by atoms with van der Waals surface area (Å²) in [4.78, 5) is 26.1. The lowest BCUT2D eigenvalue weighted by Crippen LogP contribution is -2.59. The van der Waals surface area contributed by atoms with Crippen molar-refractivity contribution in [3.63, 3.8) is 0 Å². The van der Waals surface area contributed by atoms with Crippen molar-refractivity contribution >= 4 is 11.8 Å². The van der Waals surface area contributed by atoms with Crippen molar-refractivity contribution in [3.05, 3.63) is 23.8 Å². The number of ether oxygens (including phenoxy) is 4. The summed E-state index contributed by atoms with van der Waals surface area (Å²) in [5.74, 6) is -4.56. The Morgan fingerprint density at radius 1 is 0.977 bits per heavy atom. The third-order valence-electron chi connectivity index (χ3n) is 9.75. The predicted molar refractivity (Wildman–Crippen MR) is 159 cm³/mol. The Bertz CT molecular complexity index is 1060. The standard InChI is InChI=1S/C33H52O11/c1-6-7-8-25-26-11-9-21(41-26)15-22-10-12-27(36)33(40,44-22)28(37)14-17(2)13-18(3)23(34)16-24(35)19(4)30-31(43-30)29(38)20(5)32(39)42-25/h13,18,20-22,24-31,35-38,40H,4,6-12,14-16H2,1-3,5H3/b17-13+/t18?,20?,21?,22-,24?,25?,26?,27-,28-,29?,30?,31?,33-/m1/s1. The summed E-state index contributed by atoms with van der Waals surface area (Å²) in [7, 11) is 0. The highest BCUT2D eigenvalue weighted by Gasteiger charge is 2.52. The molecule has 4 heterocycles. The van der Waals surface area contributed by atoms with Crippen LogP contribution in [-0.4, -0.2) is 104 Å². The van der Waals surface area contributed by atoms with E-state index in [9.17, 15) is 35.1 Å². The van der Waals surface area contributed by atoms with E-state index in [1.807, 2.05) is 6.92 Å². The third-order valence-corrected chi connectivity index (χ3v) is 9.75. The first kappa shape index (κ1) is 35.2. The van der Waals surface area contributed by atoms with Crippen LogP contribution in [0.4, 0.5) is 0 Å². The van der Waals surface area contributed by atoms with Crippen LogP contribution in [0.3, 0.4) is 0 Å². The van der Waals surface area contributed by atoms with Gasteiger partial charge in [0.15, 0.2) is 0 Å². The fraction of sp³-hybridized carbons (Fsp3) is 0.818. The number of aliphatic hydroxyl groups excluding tert-OH is 4. The van der Waals surface area contributed by atoms with Gasteiger partial charge in [-0.1, -0.05) is 38.5 Å². The maximum Gasteiger partial charge on any atom is 0.311 e. The van der Waals surface area contributed by atoms with Crippen LogP contribution in [0.1, 0.15) is 91.9 Å². The van der Waals surface area contributed by atoms with Gasteiger partial charge in [-0.2, -0.15) is 0 Å². The topological polar surface area (TPSA) is 176 Å². The van der Waals surface area contributed by atoms with Gasteiger partial charge in [-0.15, -0.1) is 0 Å². The second-order valence-corrected chi connectivity index (χ2v) is 13.4. The fourth-order valence-electron chi connectivity index (χ4n) is 6.72. The number of aliphatic hydroxyl groups is 5.